The van der Waals surface area contributed by atoms with Crippen LogP contribution in [0.5, 0.6) is 0 Å². The minimum atomic E-state index is -0.917. The third kappa shape index (κ3) is 10.4. The quantitative estimate of drug-likeness (QED) is 0.335. The van der Waals surface area contributed by atoms with Crippen molar-refractivity contribution in [2.75, 3.05) is 20.1 Å². The maximum atomic E-state index is 13.9. The van der Waals surface area contributed by atoms with Gasteiger partial charge in [0.05, 0.1) is 6.10 Å². The molecule has 9 heteroatoms. The molecule has 5 nitrogen and oxygen atoms in total. The Morgan fingerprint density at radius 2 is 2.00 bits per heavy atom. The van der Waals surface area contributed by atoms with Crippen LogP contribution in [0.4, 0.5) is 8.78 Å². The molecule has 1 aromatic carbocycles. The summed E-state index contributed by atoms with van der Waals surface area (Å²) in [5, 5.41) is 22.5. The number of carbonyl (C=O) groups is 1. The smallest absolute Gasteiger partial charge is 0.303 e. The Bertz CT molecular complexity index is 877. The number of hydrogen-bond acceptors (Lipinski definition) is 6. The lowest BCUT2D eigenvalue weighted by Gasteiger charge is -2.29. The van der Waals surface area contributed by atoms with Crippen molar-refractivity contribution in [2.24, 2.45) is 0 Å². The second kappa shape index (κ2) is 12.6. The lowest BCUT2D eigenvalue weighted by Crippen LogP contribution is -2.45. The number of halogens is 2. The van der Waals surface area contributed by atoms with E-state index in [1.165, 1.54) is 41.5 Å². The van der Waals surface area contributed by atoms with E-state index in [1.807, 2.05) is 17.4 Å². The van der Waals surface area contributed by atoms with Crippen molar-refractivity contribution < 1.29 is 23.8 Å². The van der Waals surface area contributed by atoms with Crippen molar-refractivity contribution in [1.82, 2.24) is 9.62 Å². The molecule has 2 rings (SSSR count). The summed E-state index contributed by atoms with van der Waals surface area (Å²) in [4.78, 5) is 12.5. The third-order valence-electron chi connectivity index (χ3n) is 4.96. The zero-order chi connectivity index (χ0) is 23.7. The monoisotopic (exact) mass is 486 g/mol. The van der Waals surface area contributed by atoms with Crippen molar-refractivity contribution in [3.63, 3.8) is 0 Å². The molecule has 3 N–H and O–H groups in total. The molecule has 0 aliphatic rings. The van der Waals surface area contributed by atoms with Gasteiger partial charge in [-0.25, -0.2) is 8.70 Å². The van der Waals surface area contributed by atoms with Gasteiger partial charge in [0, 0.05) is 34.8 Å². The number of carboxylic acids is 1. The third-order valence-corrected chi connectivity index (χ3v) is 6.80. The molecule has 2 aromatic rings. The highest BCUT2D eigenvalue weighted by Gasteiger charge is 2.19. The average molecular weight is 487 g/mol. The van der Waals surface area contributed by atoms with Crippen molar-refractivity contribution >= 4 is 29.3 Å². The fourth-order valence-corrected chi connectivity index (χ4v) is 5.07. The summed E-state index contributed by atoms with van der Waals surface area (Å²) in [5.41, 5.74) is 0.474. The molecule has 0 radical (unpaired) electrons. The van der Waals surface area contributed by atoms with E-state index in [9.17, 15) is 18.7 Å². The van der Waals surface area contributed by atoms with Gasteiger partial charge in [-0.15, -0.1) is 11.3 Å². The van der Waals surface area contributed by atoms with Crippen molar-refractivity contribution in [3.8, 4) is 0 Å². The summed E-state index contributed by atoms with van der Waals surface area (Å²) in [5.74, 6) is -1.32. The molecule has 0 unspecified atom stereocenters. The first kappa shape index (κ1) is 26.7. The normalized spacial score (nSPS) is 13.0. The molecule has 1 heterocycles. The Balaban J connectivity index is 1.74. The Kier molecular flexibility index (Phi) is 10.6. The fourth-order valence-electron chi connectivity index (χ4n) is 3.32. The van der Waals surface area contributed by atoms with Gasteiger partial charge in [-0.1, -0.05) is 0 Å². The molecule has 0 amide bonds. The summed E-state index contributed by atoms with van der Waals surface area (Å²) in [6.07, 6.45) is 2.27. The fraction of sp³-hybridized carbons (Fsp3) is 0.522. The zero-order valence-electron chi connectivity index (χ0n) is 18.7. The number of hydrogen-bond donors (Lipinski definition) is 3. The van der Waals surface area contributed by atoms with Gasteiger partial charge in [0.2, 0.25) is 0 Å². The molecule has 178 valence electrons. The summed E-state index contributed by atoms with van der Waals surface area (Å²) in [7, 11) is 1.82. The van der Waals surface area contributed by atoms with Crippen molar-refractivity contribution in [2.45, 2.75) is 62.5 Å². The van der Waals surface area contributed by atoms with Crippen LogP contribution in [0.25, 0.3) is 0 Å². The average Bonchev–Trinajstić information content (AvgIpc) is 3.09. The summed E-state index contributed by atoms with van der Waals surface area (Å²) in [6.45, 7) is 4.96. The number of carboxylic acid groups (broad SMARTS) is 1. The molecule has 1 aromatic heterocycles. The van der Waals surface area contributed by atoms with Gasteiger partial charge in [0.25, 0.3) is 0 Å². The summed E-state index contributed by atoms with van der Waals surface area (Å²) in [6, 6.07) is 7.85. The Morgan fingerprint density at radius 1 is 1.25 bits per heavy atom. The van der Waals surface area contributed by atoms with Crippen LogP contribution in [0.2, 0.25) is 0 Å². The second-order valence-electron chi connectivity index (χ2n) is 8.57. The van der Waals surface area contributed by atoms with Crippen LogP contribution >= 0.6 is 23.3 Å². The number of aliphatic carboxylic acids is 1. The lowest BCUT2D eigenvalue weighted by molar-refractivity contribution is -0.136. The molecular formula is C23H32F2N2O3S2. The maximum Gasteiger partial charge on any atom is 0.303 e. The second-order valence-corrected chi connectivity index (χ2v) is 11.0. The van der Waals surface area contributed by atoms with Gasteiger partial charge in [0.1, 0.15) is 5.82 Å². The van der Waals surface area contributed by atoms with Crippen LogP contribution in [0, 0.1) is 10.9 Å². The minimum Gasteiger partial charge on any atom is -0.481 e. The number of aryl methyl sites for hydroxylation is 2. The number of aliphatic hydroxyl groups is 1. The first-order valence-corrected chi connectivity index (χ1v) is 12.2. The molecule has 32 heavy (non-hydrogen) atoms. The first-order chi connectivity index (χ1) is 15.0. The maximum absolute atomic E-state index is 13.9. The molecule has 1 atom stereocenters. The molecule has 0 spiro atoms. The van der Waals surface area contributed by atoms with E-state index >= 15 is 0 Å². The predicted octanol–water partition coefficient (Wildman–Crippen LogP) is 4.73. The highest BCUT2D eigenvalue weighted by molar-refractivity contribution is 7.97. The van der Waals surface area contributed by atoms with Crippen LogP contribution in [-0.4, -0.2) is 52.3 Å². The van der Waals surface area contributed by atoms with Crippen molar-refractivity contribution in [1.29, 1.82) is 0 Å². The number of nitrogens with zero attached hydrogens (tertiary/aromatic N) is 1. The molecule has 0 saturated heterocycles. The number of β-amino-alcohol motifs (C(OH)–C–C–N with tert-alkyl or cyclic N) is 1. The van der Waals surface area contributed by atoms with E-state index in [0.29, 0.717) is 23.5 Å². The van der Waals surface area contributed by atoms with E-state index in [4.69, 9.17) is 5.11 Å². The SMILES string of the molecule is CN(C[C@H](O)CNC(C)(C)CCCc1ccc(F)s1)Sc1cc(F)cc(CCC(=O)O)c1. The van der Waals surface area contributed by atoms with Crippen LogP contribution in [-0.2, 0) is 17.6 Å². The first-order valence-electron chi connectivity index (χ1n) is 10.6. The zero-order valence-corrected chi connectivity index (χ0v) is 20.4. The van der Waals surface area contributed by atoms with Crippen LogP contribution in [0.3, 0.4) is 0 Å². The molecule has 0 aliphatic carbocycles. The molecule has 0 bridgehead atoms. The van der Waals surface area contributed by atoms with Gasteiger partial charge < -0.3 is 15.5 Å². The van der Waals surface area contributed by atoms with E-state index < -0.39 is 17.9 Å². The van der Waals surface area contributed by atoms with Crippen molar-refractivity contribution in [3.05, 3.63) is 51.7 Å². The summed E-state index contributed by atoms with van der Waals surface area (Å²) >= 11 is 2.50. The number of thiophene rings is 1. The van der Waals surface area contributed by atoms with Gasteiger partial charge in [0.15, 0.2) is 5.13 Å². The van der Waals surface area contributed by atoms with E-state index in [2.05, 4.69) is 19.2 Å². The standard InChI is InChI=1S/C23H32F2N2O3S2/c1-23(2,10-4-5-19-7-8-21(25)31-19)26-14-18(28)15-27(3)32-20-12-16(6-9-22(29)30)11-17(24)13-20/h7-8,11-13,18,26,28H,4-6,9-10,14-15H2,1-3H3,(H,29,30)/t18-/m1/s1. The molecule has 0 fully saturated rings. The highest BCUT2D eigenvalue weighted by Crippen LogP contribution is 2.25. The number of nitrogens with one attached hydrogen (secondary N) is 1. The predicted molar refractivity (Wildman–Crippen MR) is 126 cm³/mol. The van der Waals surface area contributed by atoms with Crippen LogP contribution in [0.15, 0.2) is 35.2 Å². The van der Waals surface area contributed by atoms with E-state index in [0.717, 1.165) is 24.1 Å². The van der Waals surface area contributed by atoms with Gasteiger partial charge >= 0.3 is 5.97 Å². The number of aliphatic hydroxyl groups excluding tert-OH is 1. The molecular weight excluding hydrogens is 454 g/mol. The summed E-state index contributed by atoms with van der Waals surface area (Å²) < 4.78 is 28.8. The van der Waals surface area contributed by atoms with E-state index in [-0.39, 0.29) is 23.5 Å². The number of rotatable bonds is 14. The topological polar surface area (TPSA) is 72.8 Å². The van der Waals surface area contributed by atoms with Gasteiger partial charge in [-0.05, 0) is 94.4 Å². The minimum absolute atomic E-state index is 0.0478. The largest absolute Gasteiger partial charge is 0.481 e. The van der Waals surface area contributed by atoms with Crippen LogP contribution < -0.4 is 5.32 Å². The number of likely N-dealkylation sites (N-methyl/N-ethyl adjacent to an activating group) is 1. The Hall–Kier alpha value is -1.52. The Labute approximate surface area is 197 Å². The number of benzene rings is 1. The molecule has 0 aliphatic heterocycles. The van der Waals surface area contributed by atoms with Gasteiger partial charge in [-0.3, -0.25) is 4.79 Å². The van der Waals surface area contributed by atoms with E-state index in [1.54, 1.807) is 6.07 Å². The van der Waals surface area contributed by atoms with Crippen LogP contribution in [0.1, 0.15) is 43.6 Å². The Morgan fingerprint density at radius 3 is 2.66 bits per heavy atom. The van der Waals surface area contributed by atoms with Gasteiger partial charge in [-0.2, -0.15) is 4.39 Å². The molecule has 0 saturated carbocycles. The highest BCUT2D eigenvalue weighted by atomic mass is 32.2. The lowest BCUT2D eigenvalue weighted by atomic mass is 9.96.